The molecular weight excluding hydrogens is 373 g/mol. The molecule has 0 spiro atoms. The zero-order valence-corrected chi connectivity index (χ0v) is 15.5. The molecule has 0 aliphatic carbocycles. The molecule has 0 radical (unpaired) electrons. The molecule has 2 aromatic carbocycles. The lowest BCUT2D eigenvalue weighted by molar-refractivity contribution is 0.0922. The van der Waals surface area contributed by atoms with Gasteiger partial charge >= 0.3 is 0 Å². The molecule has 0 saturated carbocycles. The van der Waals surface area contributed by atoms with Crippen molar-refractivity contribution in [3.8, 4) is 5.75 Å². The molecule has 2 N–H and O–H groups in total. The van der Waals surface area contributed by atoms with E-state index in [2.05, 4.69) is 6.58 Å². The molecule has 0 aliphatic rings. The van der Waals surface area contributed by atoms with E-state index in [1.165, 1.54) is 0 Å². The quantitative estimate of drug-likeness (QED) is 0.600. The molecule has 3 aromatic rings. The number of benzene rings is 2. The molecule has 0 saturated heterocycles. The molecule has 1 aromatic heterocycles. The van der Waals surface area contributed by atoms with Crippen molar-refractivity contribution in [2.75, 3.05) is 6.61 Å². The zero-order chi connectivity index (χ0) is 18.7. The Morgan fingerprint density at radius 2 is 1.85 bits per heavy atom. The fraction of sp³-hybridized carbons (Fsp3) is 0.211. The average Bonchev–Trinajstić information content (AvgIpc) is 2.87. The first kappa shape index (κ1) is 18.6. The summed E-state index contributed by atoms with van der Waals surface area (Å²) >= 11 is 11.9. The van der Waals surface area contributed by atoms with Crippen LogP contribution in [-0.4, -0.2) is 27.0 Å². The largest absolute Gasteiger partial charge is 0.489 e. The summed E-state index contributed by atoms with van der Waals surface area (Å²) in [6.07, 6.45) is 0.940. The molecule has 7 heteroatoms. The Hall–Kier alpha value is -2.21. The van der Waals surface area contributed by atoms with Gasteiger partial charge in [-0.15, -0.1) is 6.58 Å². The fourth-order valence-corrected chi connectivity index (χ4v) is 3.30. The van der Waals surface area contributed by atoms with Gasteiger partial charge in [-0.05, 0) is 30.3 Å². The second-order valence-electron chi connectivity index (χ2n) is 5.86. The van der Waals surface area contributed by atoms with E-state index in [-0.39, 0.29) is 13.2 Å². The smallest absolute Gasteiger partial charge is 0.203 e. The fourth-order valence-electron chi connectivity index (χ4n) is 2.83. The maximum absolute atomic E-state index is 10.4. The van der Waals surface area contributed by atoms with Gasteiger partial charge in [0.05, 0.1) is 22.6 Å². The van der Waals surface area contributed by atoms with Crippen LogP contribution < -0.4 is 10.4 Å². The summed E-state index contributed by atoms with van der Waals surface area (Å²) < 4.78 is 9.19. The minimum Gasteiger partial charge on any atom is -0.489 e. The number of aliphatic hydroxyl groups excluding tert-OH is 1. The zero-order valence-electron chi connectivity index (χ0n) is 14.0. The van der Waals surface area contributed by atoms with Gasteiger partial charge in [0, 0.05) is 11.6 Å². The van der Waals surface area contributed by atoms with Crippen LogP contribution in [0.4, 0.5) is 0 Å². The Balaban J connectivity index is 1.79. The summed E-state index contributed by atoms with van der Waals surface area (Å²) in [6, 6.07) is 12.6. The number of hydrogen-bond donors (Lipinski definition) is 2. The number of imidazole rings is 1. The molecule has 0 bridgehead atoms. The highest BCUT2D eigenvalue weighted by molar-refractivity contribution is 6.35. The van der Waals surface area contributed by atoms with Crippen LogP contribution in [0.15, 0.2) is 55.1 Å². The highest BCUT2D eigenvalue weighted by Gasteiger charge is 2.14. The Morgan fingerprint density at radius 3 is 2.50 bits per heavy atom. The summed E-state index contributed by atoms with van der Waals surface area (Å²) in [5, 5.41) is 19.7. The van der Waals surface area contributed by atoms with E-state index in [4.69, 9.17) is 33.3 Å². The number of aliphatic hydroxyl groups is 1. The van der Waals surface area contributed by atoms with Crippen LogP contribution in [0.1, 0.15) is 0 Å². The van der Waals surface area contributed by atoms with Crippen molar-refractivity contribution >= 4 is 34.2 Å². The molecule has 0 fully saturated rings. The van der Waals surface area contributed by atoms with E-state index >= 15 is 0 Å². The van der Waals surface area contributed by atoms with Crippen molar-refractivity contribution < 1.29 is 9.84 Å². The molecule has 5 nitrogen and oxygen atoms in total. The topological polar surface area (TPSA) is 63.2 Å². The molecule has 136 valence electrons. The van der Waals surface area contributed by atoms with Crippen molar-refractivity contribution in [1.82, 2.24) is 9.13 Å². The second-order valence-corrected chi connectivity index (χ2v) is 6.71. The first-order valence-corrected chi connectivity index (χ1v) is 8.86. The van der Waals surface area contributed by atoms with Gasteiger partial charge in [-0.1, -0.05) is 41.4 Å². The van der Waals surface area contributed by atoms with Crippen LogP contribution in [0, 0.1) is 5.41 Å². The van der Waals surface area contributed by atoms with E-state index in [1.54, 1.807) is 28.8 Å². The first-order valence-electron chi connectivity index (χ1n) is 8.10. The Kier molecular flexibility index (Phi) is 5.71. The molecule has 1 atom stereocenters. The van der Waals surface area contributed by atoms with Crippen LogP contribution in [-0.2, 0) is 13.1 Å². The predicted octanol–water partition coefficient (Wildman–Crippen LogP) is 3.85. The molecular formula is C19H19Cl2N3O2. The SMILES string of the molecule is C=CCn1c(=N)n(C[C@@H](O)COc2ccc(Cl)cc2Cl)c2ccccc21. The minimum atomic E-state index is -0.807. The lowest BCUT2D eigenvalue weighted by Crippen LogP contribution is -2.31. The maximum Gasteiger partial charge on any atom is 0.203 e. The van der Waals surface area contributed by atoms with Crippen LogP contribution in [0.2, 0.25) is 10.0 Å². The summed E-state index contributed by atoms with van der Waals surface area (Å²) in [5.74, 6) is 0.459. The number of para-hydroxylation sites is 2. The number of ether oxygens (including phenoxy) is 1. The monoisotopic (exact) mass is 391 g/mol. The van der Waals surface area contributed by atoms with Gasteiger partial charge < -0.3 is 19.0 Å². The minimum absolute atomic E-state index is 0.0504. The van der Waals surface area contributed by atoms with Crippen LogP contribution in [0.5, 0.6) is 5.75 Å². The summed E-state index contributed by atoms with van der Waals surface area (Å²) in [7, 11) is 0. The van der Waals surface area contributed by atoms with Gasteiger partial charge in [0.2, 0.25) is 5.62 Å². The Labute approximate surface area is 161 Å². The van der Waals surface area contributed by atoms with Gasteiger partial charge in [0.1, 0.15) is 18.5 Å². The first-order chi connectivity index (χ1) is 12.5. The lowest BCUT2D eigenvalue weighted by Gasteiger charge is -2.14. The van der Waals surface area contributed by atoms with E-state index in [0.717, 1.165) is 11.0 Å². The van der Waals surface area contributed by atoms with Crippen LogP contribution >= 0.6 is 23.2 Å². The number of allylic oxidation sites excluding steroid dienone is 1. The number of aromatic nitrogens is 2. The van der Waals surface area contributed by atoms with Crippen LogP contribution in [0.3, 0.4) is 0 Å². The van der Waals surface area contributed by atoms with Crippen molar-refractivity contribution in [3.63, 3.8) is 0 Å². The number of fused-ring (bicyclic) bond motifs is 1. The van der Waals surface area contributed by atoms with E-state index < -0.39 is 6.10 Å². The van der Waals surface area contributed by atoms with Gasteiger partial charge in [0.15, 0.2) is 0 Å². The summed E-state index contributed by atoms with van der Waals surface area (Å²) in [5.41, 5.74) is 2.10. The molecule has 26 heavy (non-hydrogen) atoms. The van der Waals surface area contributed by atoms with E-state index in [1.807, 2.05) is 28.8 Å². The standard InChI is InChI=1S/C19H19Cl2N3O2/c1-2-9-23-16-5-3-4-6-17(16)24(19(23)22)11-14(25)12-26-18-8-7-13(20)10-15(18)21/h2-8,10,14,22,25H,1,9,11-12H2/t14-/m1/s1. The number of nitrogens with zero attached hydrogens (tertiary/aromatic N) is 2. The van der Waals surface area contributed by atoms with E-state index in [9.17, 15) is 5.11 Å². The predicted molar refractivity (Wildman–Crippen MR) is 104 cm³/mol. The summed E-state index contributed by atoms with van der Waals surface area (Å²) in [4.78, 5) is 0. The molecule has 0 aliphatic heterocycles. The number of hydrogen-bond acceptors (Lipinski definition) is 3. The van der Waals surface area contributed by atoms with Crippen molar-refractivity contribution in [2.45, 2.75) is 19.2 Å². The van der Waals surface area contributed by atoms with Gasteiger partial charge in [0.25, 0.3) is 0 Å². The molecule has 1 heterocycles. The van der Waals surface area contributed by atoms with Gasteiger partial charge in [-0.3, -0.25) is 5.41 Å². The van der Waals surface area contributed by atoms with Crippen LogP contribution in [0.25, 0.3) is 11.0 Å². The summed E-state index contributed by atoms with van der Waals surface area (Å²) in [6.45, 7) is 4.56. The van der Waals surface area contributed by atoms with E-state index in [0.29, 0.717) is 28.0 Å². The van der Waals surface area contributed by atoms with Crippen molar-refractivity contribution in [3.05, 3.63) is 70.8 Å². The molecule has 0 unspecified atom stereocenters. The van der Waals surface area contributed by atoms with Gasteiger partial charge in [-0.2, -0.15) is 0 Å². The highest BCUT2D eigenvalue weighted by Crippen LogP contribution is 2.27. The Morgan fingerprint density at radius 1 is 1.15 bits per heavy atom. The third kappa shape index (κ3) is 3.80. The number of nitrogens with one attached hydrogen (secondary N) is 1. The Bertz CT molecular complexity index is 994. The molecule has 3 rings (SSSR count). The normalized spacial score (nSPS) is 12.3. The number of rotatable bonds is 7. The van der Waals surface area contributed by atoms with Gasteiger partial charge in [-0.25, -0.2) is 0 Å². The maximum atomic E-state index is 10.4. The third-order valence-corrected chi connectivity index (χ3v) is 4.54. The van der Waals surface area contributed by atoms with Crippen molar-refractivity contribution in [2.24, 2.45) is 0 Å². The number of halogens is 2. The van der Waals surface area contributed by atoms with Crippen molar-refractivity contribution in [1.29, 1.82) is 5.41 Å². The third-order valence-electron chi connectivity index (χ3n) is 4.00. The second kappa shape index (κ2) is 7.99. The molecule has 0 amide bonds. The lowest BCUT2D eigenvalue weighted by atomic mass is 10.3. The highest BCUT2D eigenvalue weighted by atomic mass is 35.5. The average molecular weight is 392 g/mol.